The molecule has 4 heteroatoms. The van der Waals surface area contributed by atoms with Gasteiger partial charge in [-0.2, -0.15) is 0 Å². The fourth-order valence-corrected chi connectivity index (χ4v) is 2.99. The van der Waals surface area contributed by atoms with Crippen LogP contribution in [0.4, 0.5) is 0 Å². The predicted molar refractivity (Wildman–Crippen MR) is 92.2 cm³/mol. The quantitative estimate of drug-likeness (QED) is 0.928. The van der Waals surface area contributed by atoms with E-state index in [1.165, 1.54) is 0 Å². The van der Waals surface area contributed by atoms with Crippen LogP contribution in [0, 0.1) is 18.8 Å². The number of rotatable bonds is 4. The lowest BCUT2D eigenvalue weighted by molar-refractivity contribution is -0.135. The number of nitrogens with one attached hydrogen (secondary N) is 1. The largest absolute Gasteiger partial charge is 0.341 e. The summed E-state index contributed by atoms with van der Waals surface area (Å²) < 4.78 is 0. The summed E-state index contributed by atoms with van der Waals surface area (Å²) in [6.07, 6.45) is 2.09. The second-order valence-corrected chi connectivity index (χ2v) is 7.02. The topological polar surface area (TPSA) is 49.4 Å². The number of aryl methyl sites for hydroxylation is 1. The monoisotopic (exact) mass is 316 g/mol. The minimum absolute atomic E-state index is 0.0498. The number of amides is 2. The predicted octanol–water partition coefficient (Wildman–Crippen LogP) is 3.01. The molecular formula is C19H28N2O2. The van der Waals surface area contributed by atoms with Crippen LogP contribution in [0.3, 0.4) is 0 Å². The Hall–Kier alpha value is -1.84. The summed E-state index contributed by atoms with van der Waals surface area (Å²) in [5, 5.41) is 2.95. The van der Waals surface area contributed by atoms with Gasteiger partial charge in [-0.15, -0.1) is 0 Å². The lowest BCUT2D eigenvalue weighted by atomic mass is 9.96. The van der Waals surface area contributed by atoms with E-state index in [9.17, 15) is 9.59 Å². The van der Waals surface area contributed by atoms with Crippen molar-refractivity contribution in [2.45, 2.75) is 46.6 Å². The maximum absolute atomic E-state index is 12.8. The number of carbonyl (C=O) groups excluding carboxylic acids is 2. The number of hydrogen-bond donors (Lipinski definition) is 1. The van der Waals surface area contributed by atoms with E-state index in [-0.39, 0.29) is 17.7 Å². The maximum atomic E-state index is 12.8. The highest BCUT2D eigenvalue weighted by atomic mass is 16.2. The first-order chi connectivity index (χ1) is 10.9. The van der Waals surface area contributed by atoms with Gasteiger partial charge in [0, 0.05) is 18.7 Å². The van der Waals surface area contributed by atoms with Crippen LogP contribution in [0.25, 0.3) is 0 Å². The lowest BCUT2D eigenvalue weighted by Crippen LogP contribution is -2.53. The fraction of sp³-hybridized carbons (Fsp3) is 0.579. The molecule has 1 fully saturated rings. The Kier molecular flexibility index (Phi) is 5.80. The van der Waals surface area contributed by atoms with Crippen LogP contribution in [-0.4, -0.2) is 35.8 Å². The van der Waals surface area contributed by atoms with Gasteiger partial charge in [0.15, 0.2) is 0 Å². The molecule has 4 nitrogen and oxygen atoms in total. The van der Waals surface area contributed by atoms with Crippen LogP contribution in [0.2, 0.25) is 0 Å². The zero-order chi connectivity index (χ0) is 17.0. The highest BCUT2D eigenvalue weighted by molar-refractivity contribution is 5.98. The Balaban J connectivity index is 2.08. The SMILES string of the molecule is Cc1ccccc1C(=O)NC(C(=O)N1CCC(C)CC1)C(C)C. The van der Waals surface area contributed by atoms with Gasteiger partial charge in [-0.3, -0.25) is 9.59 Å². The van der Waals surface area contributed by atoms with Gasteiger partial charge in [-0.1, -0.05) is 39.0 Å². The average Bonchev–Trinajstić information content (AvgIpc) is 2.52. The maximum Gasteiger partial charge on any atom is 0.252 e. The summed E-state index contributed by atoms with van der Waals surface area (Å²) in [6.45, 7) is 9.68. The third kappa shape index (κ3) is 4.34. The summed E-state index contributed by atoms with van der Waals surface area (Å²) >= 11 is 0. The first-order valence-electron chi connectivity index (χ1n) is 8.55. The Labute approximate surface area is 139 Å². The zero-order valence-electron chi connectivity index (χ0n) is 14.6. The highest BCUT2D eigenvalue weighted by Gasteiger charge is 2.30. The van der Waals surface area contributed by atoms with Crippen molar-refractivity contribution in [1.82, 2.24) is 10.2 Å². The van der Waals surface area contributed by atoms with Gasteiger partial charge in [0.2, 0.25) is 5.91 Å². The number of carbonyl (C=O) groups is 2. The molecule has 1 aromatic carbocycles. The molecule has 0 saturated carbocycles. The third-order valence-corrected chi connectivity index (χ3v) is 4.70. The van der Waals surface area contributed by atoms with Crippen molar-refractivity contribution >= 4 is 11.8 Å². The second kappa shape index (κ2) is 7.62. The smallest absolute Gasteiger partial charge is 0.252 e. The van der Waals surface area contributed by atoms with Crippen molar-refractivity contribution in [3.05, 3.63) is 35.4 Å². The number of benzene rings is 1. The van der Waals surface area contributed by atoms with Gasteiger partial charge in [-0.05, 0) is 43.2 Å². The van der Waals surface area contributed by atoms with Gasteiger partial charge in [-0.25, -0.2) is 0 Å². The van der Waals surface area contributed by atoms with Crippen molar-refractivity contribution in [2.75, 3.05) is 13.1 Å². The number of piperidine rings is 1. The summed E-state index contributed by atoms with van der Waals surface area (Å²) in [6, 6.07) is 7.00. The number of hydrogen-bond acceptors (Lipinski definition) is 2. The molecular weight excluding hydrogens is 288 g/mol. The van der Waals surface area contributed by atoms with Crippen LogP contribution in [0.1, 0.15) is 49.5 Å². The van der Waals surface area contributed by atoms with E-state index in [1.54, 1.807) is 6.07 Å². The van der Waals surface area contributed by atoms with Crippen LogP contribution in [-0.2, 0) is 4.79 Å². The van der Waals surface area contributed by atoms with Gasteiger partial charge < -0.3 is 10.2 Å². The highest BCUT2D eigenvalue weighted by Crippen LogP contribution is 2.18. The number of likely N-dealkylation sites (tertiary alicyclic amines) is 1. The molecule has 1 aromatic rings. The Morgan fingerprint density at radius 2 is 1.78 bits per heavy atom. The first kappa shape index (κ1) is 17.5. The molecule has 0 bridgehead atoms. The molecule has 0 radical (unpaired) electrons. The zero-order valence-corrected chi connectivity index (χ0v) is 14.6. The Morgan fingerprint density at radius 3 is 2.35 bits per heavy atom. The molecule has 1 N–H and O–H groups in total. The van der Waals surface area contributed by atoms with E-state index in [0.717, 1.165) is 31.5 Å². The molecule has 0 aromatic heterocycles. The molecule has 1 aliphatic heterocycles. The molecule has 0 spiro atoms. The second-order valence-electron chi connectivity index (χ2n) is 7.02. The standard InChI is InChI=1S/C19H28N2O2/c1-13(2)17(19(23)21-11-9-14(3)10-12-21)20-18(22)16-8-6-5-7-15(16)4/h5-8,13-14,17H,9-12H2,1-4H3,(H,20,22). The molecule has 1 heterocycles. The van der Waals surface area contributed by atoms with Crippen molar-refractivity contribution < 1.29 is 9.59 Å². The summed E-state index contributed by atoms with van der Waals surface area (Å²) in [5.41, 5.74) is 1.56. The van der Waals surface area contributed by atoms with Crippen LogP contribution >= 0.6 is 0 Å². The molecule has 1 atom stereocenters. The van der Waals surface area contributed by atoms with E-state index < -0.39 is 6.04 Å². The molecule has 23 heavy (non-hydrogen) atoms. The van der Waals surface area contributed by atoms with Crippen molar-refractivity contribution in [3.63, 3.8) is 0 Å². The van der Waals surface area contributed by atoms with E-state index in [4.69, 9.17) is 0 Å². The van der Waals surface area contributed by atoms with Crippen molar-refractivity contribution in [1.29, 1.82) is 0 Å². The minimum Gasteiger partial charge on any atom is -0.341 e. The molecule has 1 unspecified atom stereocenters. The van der Waals surface area contributed by atoms with Crippen LogP contribution in [0.5, 0.6) is 0 Å². The molecule has 2 amide bonds. The third-order valence-electron chi connectivity index (χ3n) is 4.70. The minimum atomic E-state index is -0.462. The molecule has 126 valence electrons. The Morgan fingerprint density at radius 1 is 1.17 bits per heavy atom. The van der Waals surface area contributed by atoms with Crippen LogP contribution < -0.4 is 5.32 Å². The van der Waals surface area contributed by atoms with Crippen molar-refractivity contribution in [3.8, 4) is 0 Å². The van der Waals surface area contributed by atoms with Gasteiger partial charge in [0.25, 0.3) is 5.91 Å². The average molecular weight is 316 g/mol. The van der Waals surface area contributed by atoms with Crippen LogP contribution in [0.15, 0.2) is 24.3 Å². The molecule has 0 aliphatic carbocycles. The van der Waals surface area contributed by atoms with E-state index >= 15 is 0 Å². The fourth-order valence-electron chi connectivity index (χ4n) is 2.99. The van der Waals surface area contributed by atoms with Gasteiger partial charge in [0.05, 0.1) is 0 Å². The summed E-state index contributed by atoms with van der Waals surface area (Å²) in [7, 11) is 0. The lowest BCUT2D eigenvalue weighted by Gasteiger charge is -2.34. The van der Waals surface area contributed by atoms with Crippen molar-refractivity contribution in [2.24, 2.45) is 11.8 Å². The first-order valence-corrected chi connectivity index (χ1v) is 8.55. The van der Waals surface area contributed by atoms with Gasteiger partial charge in [0.1, 0.15) is 6.04 Å². The van der Waals surface area contributed by atoms with E-state index in [1.807, 2.05) is 43.9 Å². The summed E-state index contributed by atoms with van der Waals surface area (Å²) in [4.78, 5) is 27.3. The van der Waals surface area contributed by atoms with E-state index in [0.29, 0.717) is 11.5 Å². The van der Waals surface area contributed by atoms with E-state index in [2.05, 4.69) is 12.2 Å². The molecule has 1 saturated heterocycles. The molecule has 2 rings (SSSR count). The molecule has 1 aliphatic rings. The Bertz CT molecular complexity index is 560. The normalized spacial score (nSPS) is 17.2. The summed E-state index contributed by atoms with van der Waals surface area (Å²) in [5.74, 6) is 0.627. The van der Waals surface area contributed by atoms with Gasteiger partial charge >= 0.3 is 0 Å². The number of nitrogens with zero attached hydrogens (tertiary/aromatic N) is 1.